The fourth-order valence-corrected chi connectivity index (χ4v) is 2.26. The molecule has 0 amide bonds. The van der Waals surface area contributed by atoms with Crippen molar-refractivity contribution < 1.29 is 14.6 Å². The first-order valence-electron chi connectivity index (χ1n) is 6.14. The number of halogens is 1. The Bertz CT molecular complexity index is 589. The second-order valence-corrected chi connectivity index (χ2v) is 4.73. The number of pyridine rings is 1. The molecule has 0 aliphatic heterocycles. The third kappa shape index (κ3) is 3.21. The summed E-state index contributed by atoms with van der Waals surface area (Å²) in [7, 11) is 3.14. The molecule has 1 aromatic heterocycles. The summed E-state index contributed by atoms with van der Waals surface area (Å²) in [6.07, 6.45) is 2.86. The number of rotatable bonds is 5. The second-order valence-electron chi connectivity index (χ2n) is 4.29. The van der Waals surface area contributed by atoms with E-state index in [9.17, 15) is 5.11 Å². The van der Waals surface area contributed by atoms with Crippen molar-refractivity contribution in [2.75, 3.05) is 14.2 Å². The molecule has 0 radical (unpaired) electrons. The lowest BCUT2D eigenvalue weighted by Gasteiger charge is -2.16. The van der Waals surface area contributed by atoms with Gasteiger partial charge in [-0.2, -0.15) is 0 Å². The van der Waals surface area contributed by atoms with Gasteiger partial charge in [-0.3, -0.25) is 4.98 Å². The monoisotopic (exact) mass is 293 g/mol. The number of benzene rings is 1. The van der Waals surface area contributed by atoms with Gasteiger partial charge in [-0.1, -0.05) is 11.6 Å². The van der Waals surface area contributed by atoms with Crippen LogP contribution in [0, 0.1) is 0 Å². The summed E-state index contributed by atoms with van der Waals surface area (Å²) in [5.41, 5.74) is 1.52. The first-order chi connectivity index (χ1) is 9.65. The van der Waals surface area contributed by atoms with Gasteiger partial charge in [0.1, 0.15) is 11.5 Å². The molecule has 0 spiro atoms. The van der Waals surface area contributed by atoms with Crippen molar-refractivity contribution in [2.24, 2.45) is 0 Å². The molecule has 1 N–H and O–H groups in total. The quantitative estimate of drug-likeness (QED) is 0.920. The van der Waals surface area contributed by atoms with E-state index < -0.39 is 6.10 Å². The molecule has 0 saturated carbocycles. The van der Waals surface area contributed by atoms with E-state index in [1.165, 1.54) is 0 Å². The normalized spacial score (nSPS) is 12.0. The van der Waals surface area contributed by atoms with Crippen LogP contribution in [0.15, 0.2) is 36.7 Å². The van der Waals surface area contributed by atoms with Crippen LogP contribution in [-0.4, -0.2) is 24.3 Å². The molecule has 0 fully saturated rings. The SMILES string of the molecule is COc1ccc(Cl)cc1CC(O)c1ccncc1OC. The lowest BCUT2D eigenvalue weighted by Crippen LogP contribution is -2.05. The van der Waals surface area contributed by atoms with Crippen molar-refractivity contribution in [3.8, 4) is 11.5 Å². The highest BCUT2D eigenvalue weighted by atomic mass is 35.5. The number of aliphatic hydroxyl groups is 1. The van der Waals surface area contributed by atoms with Gasteiger partial charge in [-0.25, -0.2) is 0 Å². The Balaban J connectivity index is 2.27. The van der Waals surface area contributed by atoms with E-state index in [-0.39, 0.29) is 0 Å². The Kier molecular flexibility index (Phi) is 4.82. The molecular formula is C15H16ClNO3. The Hall–Kier alpha value is -1.78. The minimum atomic E-state index is -0.722. The van der Waals surface area contributed by atoms with Crippen molar-refractivity contribution in [1.82, 2.24) is 4.98 Å². The Morgan fingerprint density at radius 2 is 1.95 bits per heavy atom. The second kappa shape index (κ2) is 6.59. The average molecular weight is 294 g/mol. The van der Waals surface area contributed by atoms with Gasteiger partial charge >= 0.3 is 0 Å². The van der Waals surface area contributed by atoms with Crippen molar-refractivity contribution in [1.29, 1.82) is 0 Å². The van der Waals surface area contributed by atoms with Gasteiger partial charge in [0.2, 0.25) is 0 Å². The molecule has 1 heterocycles. The maximum Gasteiger partial charge on any atom is 0.142 e. The summed E-state index contributed by atoms with van der Waals surface area (Å²) < 4.78 is 10.5. The van der Waals surface area contributed by atoms with Crippen LogP contribution in [0.5, 0.6) is 11.5 Å². The Morgan fingerprint density at radius 1 is 1.20 bits per heavy atom. The van der Waals surface area contributed by atoms with Crippen LogP contribution < -0.4 is 9.47 Å². The van der Waals surface area contributed by atoms with Crippen molar-refractivity contribution in [2.45, 2.75) is 12.5 Å². The maximum absolute atomic E-state index is 10.4. The molecule has 2 rings (SSSR count). The molecule has 0 aliphatic rings. The van der Waals surface area contributed by atoms with E-state index in [2.05, 4.69) is 4.98 Å². The lowest BCUT2D eigenvalue weighted by atomic mass is 10.0. The fourth-order valence-electron chi connectivity index (χ4n) is 2.06. The van der Waals surface area contributed by atoms with Crippen LogP contribution >= 0.6 is 11.6 Å². The highest BCUT2D eigenvalue weighted by Crippen LogP contribution is 2.30. The summed E-state index contributed by atoms with van der Waals surface area (Å²) in [5.74, 6) is 1.25. The zero-order chi connectivity index (χ0) is 14.5. The van der Waals surface area contributed by atoms with Gasteiger partial charge in [0, 0.05) is 23.2 Å². The van der Waals surface area contributed by atoms with Crippen LogP contribution in [0.1, 0.15) is 17.2 Å². The molecule has 20 heavy (non-hydrogen) atoms. The summed E-state index contributed by atoms with van der Waals surface area (Å²) in [6.45, 7) is 0. The zero-order valence-corrected chi connectivity index (χ0v) is 12.1. The Labute approximate surface area is 122 Å². The molecule has 0 saturated heterocycles. The van der Waals surface area contributed by atoms with Crippen LogP contribution in [0.4, 0.5) is 0 Å². The highest BCUT2D eigenvalue weighted by Gasteiger charge is 2.16. The molecule has 106 valence electrons. The third-order valence-corrected chi connectivity index (χ3v) is 3.29. The van der Waals surface area contributed by atoms with Crippen LogP contribution in [0.3, 0.4) is 0 Å². The highest BCUT2D eigenvalue weighted by molar-refractivity contribution is 6.30. The topological polar surface area (TPSA) is 51.6 Å². The van der Waals surface area contributed by atoms with E-state index in [1.807, 2.05) is 0 Å². The van der Waals surface area contributed by atoms with Crippen LogP contribution in [0.25, 0.3) is 0 Å². The molecule has 1 unspecified atom stereocenters. The van der Waals surface area contributed by atoms with Crippen molar-refractivity contribution in [3.63, 3.8) is 0 Å². The first-order valence-corrected chi connectivity index (χ1v) is 6.52. The maximum atomic E-state index is 10.4. The first kappa shape index (κ1) is 14.6. The third-order valence-electron chi connectivity index (χ3n) is 3.05. The van der Waals surface area contributed by atoms with Crippen LogP contribution in [-0.2, 0) is 6.42 Å². The molecule has 1 atom stereocenters. The number of aliphatic hydroxyl groups excluding tert-OH is 1. The number of hydrogen-bond acceptors (Lipinski definition) is 4. The van der Waals surface area contributed by atoms with E-state index in [1.54, 1.807) is 50.9 Å². The smallest absolute Gasteiger partial charge is 0.142 e. The minimum Gasteiger partial charge on any atom is -0.496 e. The van der Waals surface area contributed by atoms with Gasteiger partial charge < -0.3 is 14.6 Å². The number of hydrogen-bond donors (Lipinski definition) is 1. The minimum absolute atomic E-state index is 0.379. The van der Waals surface area contributed by atoms with Crippen molar-refractivity contribution in [3.05, 3.63) is 52.8 Å². The molecule has 0 aliphatic carbocycles. The van der Waals surface area contributed by atoms with Gasteiger partial charge in [0.15, 0.2) is 0 Å². The van der Waals surface area contributed by atoms with Crippen LogP contribution in [0.2, 0.25) is 5.02 Å². The van der Waals surface area contributed by atoms with Gasteiger partial charge in [0.25, 0.3) is 0 Å². The lowest BCUT2D eigenvalue weighted by molar-refractivity contribution is 0.172. The van der Waals surface area contributed by atoms with E-state index >= 15 is 0 Å². The number of methoxy groups -OCH3 is 2. The number of nitrogens with zero attached hydrogens (tertiary/aromatic N) is 1. The number of aromatic nitrogens is 1. The molecule has 1 aromatic carbocycles. The molecule has 4 nitrogen and oxygen atoms in total. The predicted octanol–water partition coefficient (Wildman–Crippen LogP) is 3.03. The Morgan fingerprint density at radius 3 is 2.65 bits per heavy atom. The van der Waals surface area contributed by atoms with E-state index in [4.69, 9.17) is 21.1 Å². The van der Waals surface area contributed by atoms with Gasteiger partial charge in [-0.15, -0.1) is 0 Å². The molecule has 0 bridgehead atoms. The molecular weight excluding hydrogens is 278 g/mol. The standard InChI is InChI=1S/C15H16ClNO3/c1-19-14-4-3-11(16)7-10(14)8-13(18)12-5-6-17-9-15(12)20-2/h3-7,9,13,18H,8H2,1-2H3. The molecule has 5 heteroatoms. The fraction of sp³-hybridized carbons (Fsp3) is 0.267. The van der Waals surface area contributed by atoms with Gasteiger partial charge in [0.05, 0.1) is 26.5 Å². The summed E-state index contributed by atoms with van der Waals surface area (Å²) >= 11 is 5.99. The van der Waals surface area contributed by atoms with E-state index in [0.717, 1.165) is 5.56 Å². The average Bonchev–Trinajstić information content (AvgIpc) is 2.47. The number of ether oxygens (including phenoxy) is 2. The van der Waals surface area contributed by atoms with E-state index in [0.29, 0.717) is 28.5 Å². The zero-order valence-electron chi connectivity index (χ0n) is 11.3. The summed E-state index contributed by atoms with van der Waals surface area (Å²) in [4.78, 5) is 3.97. The predicted molar refractivity (Wildman–Crippen MR) is 77.5 cm³/mol. The largest absolute Gasteiger partial charge is 0.496 e. The summed E-state index contributed by atoms with van der Waals surface area (Å²) in [6, 6.07) is 7.06. The van der Waals surface area contributed by atoms with Crippen molar-refractivity contribution >= 4 is 11.6 Å². The van der Waals surface area contributed by atoms with Gasteiger partial charge in [-0.05, 0) is 29.8 Å². The summed E-state index contributed by atoms with van der Waals surface area (Å²) in [5, 5.41) is 11.0. The molecule has 2 aromatic rings.